The fraction of sp³-hybridized carbons (Fsp3) is 0.235. The number of hydrogen-bond donors (Lipinski definition) is 2. The molecule has 116 valence electrons. The number of nitrogens with one attached hydrogen (secondary N) is 2. The van der Waals surface area contributed by atoms with Crippen LogP contribution in [0.5, 0.6) is 5.75 Å². The third kappa shape index (κ3) is 4.97. The highest BCUT2D eigenvalue weighted by Crippen LogP contribution is 2.16. The lowest BCUT2D eigenvalue weighted by Crippen LogP contribution is -2.32. The predicted octanol–water partition coefficient (Wildman–Crippen LogP) is 4.16. The van der Waals surface area contributed by atoms with E-state index in [-0.39, 0.29) is 6.03 Å². The van der Waals surface area contributed by atoms with E-state index in [2.05, 4.69) is 17.6 Å². The summed E-state index contributed by atoms with van der Waals surface area (Å²) in [5.74, 6) is 0.806. The molecule has 0 atom stereocenters. The summed E-state index contributed by atoms with van der Waals surface area (Å²) in [7, 11) is 0. The minimum Gasteiger partial charge on any atom is -0.492 e. The maximum absolute atomic E-state index is 11.7. The molecule has 0 saturated carbocycles. The van der Waals surface area contributed by atoms with Crippen molar-refractivity contribution in [3.05, 3.63) is 58.6 Å². The molecule has 4 nitrogen and oxygen atoms in total. The molecule has 0 unspecified atom stereocenters. The Bertz CT molecular complexity index is 659. The van der Waals surface area contributed by atoms with Gasteiger partial charge in [-0.25, -0.2) is 4.79 Å². The number of carbonyl (C=O) groups is 1. The summed E-state index contributed by atoms with van der Waals surface area (Å²) in [6.07, 6.45) is 0. The maximum atomic E-state index is 11.7. The van der Waals surface area contributed by atoms with Crippen LogP contribution in [0.1, 0.15) is 11.1 Å². The number of urea groups is 1. The Morgan fingerprint density at radius 1 is 1.14 bits per heavy atom. The summed E-state index contributed by atoms with van der Waals surface area (Å²) < 4.78 is 5.60. The molecule has 22 heavy (non-hydrogen) atoms. The highest BCUT2D eigenvalue weighted by Gasteiger charge is 2.02. The molecule has 0 fully saturated rings. The molecular weight excluding hydrogens is 300 g/mol. The van der Waals surface area contributed by atoms with Gasteiger partial charge in [0.1, 0.15) is 12.4 Å². The first kappa shape index (κ1) is 16.2. The van der Waals surface area contributed by atoms with Gasteiger partial charge in [0.2, 0.25) is 0 Å². The second-order valence-corrected chi connectivity index (χ2v) is 5.42. The van der Waals surface area contributed by atoms with Crippen LogP contribution in [0, 0.1) is 13.8 Å². The fourth-order valence-corrected chi connectivity index (χ4v) is 2.07. The summed E-state index contributed by atoms with van der Waals surface area (Å²) in [6, 6.07) is 12.6. The number of amides is 2. The summed E-state index contributed by atoms with van der Waals surface area (Å²) >= 11 is 5.86. The van der Waals surface area contributed by atoms with Crippen molar-refractivity contribution < 1.29 is 9.53 Å². The van der Waals surface area contributed by atoms with Crippen molar-refractivity contribution in [2.75, 3.05) is 18.5 Å². The van der Waals surface area contributed by atoms with Crippen molar-refractivity contribution in [1.82, 2.24) is 5.32 Å². The third-order valence-electron chi connectivity index (χ3n) is 3.22. The standard InChI is InChI=1S/C17H19ClN2O2/c1-12-6-7-16(10-13(12)2)22-9-8-19-17(21)20-15-5-3-4-14(18)11-15/h3-7,10-11H,8-9H2,1-2H3,(H2,19,20,21). The van der Waals surface area contributed by atoms with E-state index >= 15 is 0 Å². The Morgan fingerprint density at radius 3 is 2.68 bits per heavy atom. The summed E-state index contributed by atoms with van der Waals surface area (Å²) in [4.78, 5) is 11.7. The Morgan fingerprint density at radius 2 is 1.95 bits per heavy atom. The monoisotopic (exact) mass is 318 g/mol. The normalized spacial score (nSPS) is 10.1. The molecule has 2 rings (SSSR count). The topological polar surface area (TPSA) is 50.4 Å². The van der Waals surface area contributed by atoms with Crippen molar-refractivity contribution in [3.8, 4) is 5.75 Å². The van der Waals surface area contributed by atoms with Crippen molar-refractivity contribution in [3.63, 3.8) is 0 Å². The van der Waals surface area contributed by atoms with Crippen molar-refractivity contribution in [1.29, 1.82) is 0 Å². The van der Waals surface area contributed by atoms with Crippen LogP contribution < -0.4 is 15.4 Å². The van der Waals surface area contributed by atoms with E-state index in [9.17, 15) is 4.79 Å². The molecule has 0 spiro atoms. The van der Waals surface area contributed by atoms with E-state index in [1.54, 1.807) is 24.3 Å². The second kappa shape index (κ2) is 7.71. The van der Waals surface area contributed by atoms with Gasteiger partial charge in [-0.15, -0.1) is 0 Å². The number of aryl methyl sites for hydroxylation is 2. The van der Waals surface area contributed by atoms with Crippen LogP contribution in [0.2, 0.25) is 5.02 Å². The van der Waals surface area contributed by atoms with Gasteiger partial charge in [-0.3, -0.25) is 0 Å². The molecule has 2 aromatic rings. The maximum Gasteiger partial charge on any atom is 0.319 e. The van der Waals surface area contributed by atoms with E-state index in [1.807, 2.05) is 25.1 Å². The molecule has 0 saturated heterocycles. The smallest absolute Gasteiger partial charge is 0.319 e. The van der Waals surface area contributed by atoms with E-state index in [0.717, 1.165) is 5.75 Å². The lowest BCUT2D eigenvalue weighted by atomic mass is 10.1. The Hall–Kier alpha value is -2.20. The molecule has 0 aliphatic carbocycles. The molecule has 0 bridgehead atoms. The van der Waals surface area contributed by atoms with Crippen molar-refractivity contribution in [2.24, 2.45) is 0 Å². The average Bonchev–Trinajstić information content (AvgIpc) is 2.47. The molecule has 2 aromatic carbocycles. The predicted molar refractivity (Wildman–Crippen MR) is 89.9 cm³/mol. The van der Waals surface area contributed by atoms with Gasteiger partial charge in [-0.1, -0.05) is 23.7 Å². The minimum absolute atomic E-state index is 0.286. The summed E-state index contributed by atoms with van der Waals surface area (Å²) in [6.45, 7) is 4.92. The molecule has 0 aromatic heterocycles. The highest BCUT2D eigenvalue weighted by molar-refractivity contribution is 6.30. The molecule has 0 radical (unpaired) electrons. The summed E-state index contributed by atoms with van der Waals surface area (Å²) in [5, 5.41) is 6.02. The molecular formula is C17H19ClN2O2. The number of halogens is 1. The molecule has 2 N–H and O–H groups in total. The van der Waals surface area contributed by atoms with Crippen LogP contribution in [0.15, 0.2) is 42.5 Å². The van der Waals surface area contributed by atoms with Crippen molar-refractivity contribution >= 4 is 23.3 Å². The van der Waals surface area contributed by atoms with Gasteiger partial charge >= 0.3 is 6.03 Å². The van der Waals surface area contributed by atoms with Gasteiger partial charge < -0.3 is 15.4 Å². The molecule has 5 heteroatoms. The second-order valence-electron chi connectivity index (χ2n) is 4.99. The SMILES string of the molecule is Cc1ccc(OCCNC(=O)Nc2cccc(Cl)c2)cc1C. The first-order valence-electron chi connectivity index (χ1n) is 7.05. The number of hydrogen-bond acceptors (Lipinski definition) is 2. The van der Waals surface area contributed by atoms with Crippen LogP contribution in [0.25, 0.3) is 0 Å². The Labute approximate surface area is 135 Å². The van der Waals surface area contributed by atoms with Gasteiger partial charge in [0.15, 0.2) is 0 Å². The zero-order valence-electron chi connectivity index (χ0n) is 12.7. The Balaban J connectivity index is 1.72. The highest BCUT2D eigenvalue weighted by atomic mass is 35.5. The molecule has 0 heterocycles. The van der Waals surface area contributed by atoms with E-state index in [1.165, 1.54) is 11.1 Å². The number of rotatable bonds is 5. The van der Waals surface area contributed by atoms with Gasteiger partial charge in [0.05, 0.1) is 6.54 Å². The van der Waals surface area contributed by atoms with E-state index < -0.39 is 0 Å². The van der Waals surface area contributed by atoms with Crippen LogP contribution in [0.4, 0.5) is 10.5 Å². The van der Waals surface area contributed by atoms with Gasteiger partial charge in [-0.05, 0) is 55.3 Å². The number of ether oxygens (including phenoxy) is 1. The van der Waals surface area contributed by atoms with Crippen LogP contribution in [-0.4, -0.2) is 19.2 Å². The molecule has 2 amide bonds. The Kier molecular flexibility index (Phi) is 5.67. The average molecular weight is 319 g/mol. The number of carbonyl (C=O) groups excluding carboxylic acids is 1. The zero-order chi connectivity index (χ0) is 15.9. The van der Waals surface area contributed by atoms with Crippen LogP contribution >= 0.6 is 11.6 Å². The minimum atomic E-state index is -0.286. The van der Waals surface area contributed by atoms with Crippen LogP contribution in [-0.2, 0) is 0 Å². The van der Waals surface area contributed by atoms with Crippen LogP contribution in [0.3, 0.4) is 0 Å². The largest absolute Gasteiger partial charge is 0.492 e. The lowest BCUT2D eigenvalue weighted by molar-refractivity contribution is 0.247. The van der Waals surface area contributed by atoms with E-state index in [4.69, 9.17) is 16.3 Å². The van der Waals surface area contributed by atoms with Gasteiger partial charge in [0.25, 0.3) is 0 Å². The third-order valence-corrected chi connectivity index (χ3v) is 3.45. The quantitative estimate of drug-likeness (QED) is 0.813. The summed E-state index contributed by atoms with van der Waals surface area (Å²) in [5.41, 5.74) is 3.07. The molecule has 0 aliphatic rings. The lowest BCUT2D eigenvalue weighted by Gasteiger charge is -2.10. The van der Waals surface area contributed by atoms with E-state index in [0.29, 0.717) is 23.9 Å². The zero-order valence-corrected chi connectivity index (χ0v) is 13.4. The van der Waals surface area contributed by atoms with Crippen molar-refractivity contribution in [2.45, 2.75) is 13.8 Å². The fourth-order valence-electron chi connectivity index (χ4n) is 1.88. The first-order valence-corrected chi connectivity index (χ1v) is 7.43. The number of anilines is 1. The van der Waals surface area contributed by atoms with Gasteiger partial charge in [-0.2, -0.15) is 0 Å². The first-order chi connectivity index (χ1) is 10.5. The van der Waals surface area contributed by atoms with Gasteiger partial charge in [0, 0.05) is 10.7 Å². The molecule has 0 aliphatic heterocycles. The number of benzene rings is 2.